The second-order valence-corrected chi connectivity index (χ2v) is 1.47. The van der Waals surface area contributed by atoms with Crippen LogP contribution < -0.4 is 15.3 Å². The summed E-state index contributed by atoms with van der Waals surface area (Å²) in [6, 6.07) is 0. The summed E-state index contributed by atoms with van der Waals surface area (Å²) in [5.41, 5.74) is 0. The van der Waals surface area contributed by atoms with Gasteiger partial charge in [-0.1, -0.05) is 0 Å². The summed E-state index contributed by atoms with van der Waals surface area (Å²) in [6.07, 6.45) is 0. The van der Waals surface area contributed by atoms with Crippen molar-refractivity contribution in [1.29, 1.82) is 0 Å². The molecule has 0 unspecified atom stereocenters. The molecule has 0 amide bonds. The summed E-state index contributed by atoms with van der Waals surface area (Å²) < 4.78 is 0. The van der Waals surface area contributed by atoms with Gasteiger partial charge in [-0.3, -0.25) is 0 Å². The summed E-state index contributed by atoms with van der Waals surface area (Å²) in [6.45, 7) is 2.92. The minimum Gasteiger partial charge on any atom is -0.550 e. The first-order chi connectivity index (χ1) is 5.20. The maximum Gasteiger partial charge on any atom is 3.00 e. The minimum absolute atomic E-state index is 0. The van der Waals surface area contributed by atoms with E-state index in [2.05, 4.69) is 0 Å². The van der Waals surface area contributed by atoms with Gasteiger partial charge >= 0.3 is 17.1 Å². The normalized spacial score (nSPS) is 5.00. The van der Waals surface area contributed by atoms with Crippen molar-refractivity contribution in [2.24, 2.45) is 0 Å². The van der Waals surface area contributed by atoms with Gasteiger partial charge in [0, 0.05) is 17.9 Å². The van der Waals surface area contributed by atoms with Crippen molar-refractivity contribution >= 4 is 17.9 Å². The van der Waals surface area contributed by atoms with Gasteiger partial charge in [-0.15, -0.1) is 0 Å². The minimum atomic E-state index is -1.08. The van der Waals surface area contributed by atoms with Crippen molar-refractivity contribution < 1.29 is 57.7 Å². The first-order valence-corrected chi connectivity index (χ1v) is 2.72. The number of rotatable bonds is 0. The molecule has 0 fully saturated rings. The average molecular weight is 268 g/mol. The second kappa shape index (κ2) is 29.3. The van der Waals surface area contributed by atoms with Crippen LogP contribution in [-0.2, 0) is 31.5 Å². The molecule has 0 aliphatic heterocycles. The van der Waals surface area contributed by atoms with E-state index in [0.717, 1.165) is 20.8 Å². The molecule has 0 aromatic carbocycles. The number of hydrogen-bond donors (Lipinski definition) is 0. The standard InChI is InChI=1S/3C2H4O2.Mn.2H2O/c3*1-2(3)4;;;/h3*1H3,(H,3,4);;2*1H2/q;;;+3;;/p-3. The van der Waals surface area contributed by atoms with Crippen LogP contribution in [0, 0.1) is 0 Å². The van der Waals surface area contributed by atoms with Crippen LogP contribution in [0.3, 0.4) is 0 Å². The molecule has 0 spiro atoms. The predicted molar refractivity (Wildman–Crippen MR) is 39.3 cm³/mol. The Hall–Kier alpha value is -1.15. The fraction of sp³-hybridized carbons (Fsp3) is 0.500. The van der Waals surface area contributed by atoms with Crippen LogP contribution in [0.5, 0.6) is 0 Å². The molecule has 0 aliphatic carbocycles. The summed E-state index contributed by atoms with van der Waals surface area (Å²) in [5.74, 6) is -3.25. The van der Waals surface area contributed by atoms with E-state index in [1.165, 1.54) is 0 Å². The Balaban J connectivity index is -0.0000000184. The van der Waals surface area contributed by atoms with E-state index in [0.29, 0.717) is 0 Å². The summed E-state index contributed by atoms with van der Waals surface area (Å²) in [4.78, 5) is 26.7. The summed E-state index contributed by atoms with van der Waals surface area (Å²) in [7, 11) is 0. The molecule has 0 heterocycles. The average Bonchev–Trinajstić information content (AvgIpc) is 1.54. The molecule has 0 aromatic heterocycles. The SMILES string of the molecule is CC(=O)[O-].CC(=O)[O-].CC(=O)[O-].O.O.[Mn+3]. The van der Waals surface area contributed by atoms with Gasteiger partial charge in [-0.05, 0) is 20.8 Å². The molecule has 0 rings (SSSR count). The molecule has 0 radical (unpaired) electrons. The van der Waals surface area contributed by atoms with Gasteiger partial charge in [0.1, 0.15) is 0 Å². The summed E-state index contributed by atoms with van der Waals surface area (Å²) in [5, 5.41) is 26.7. The largest absolute Gasteiger partial charge is 3.00 e. The Kier molecular flexibility index (Phi) is 72.4. The zero-order valence-electron chi connectivity index (χ0n) is 8.33. The first kappa shape index (κ1) is 37.1. The molecular formula is C6H13MnO8. The number of hydrogen-bond acceptors (Lipinski definition) is 6. The Morgan fingerprint density at radius 1 is 0.667 bits per heavy atom. The van der Waals surface area contributed by atoms with Crippen LogP contribution in [0.25, 0.3) is 0 Å². The molecule has 9 heteroatoms. The molecule has 0 bridgehead atoms. The third-order valence-electron chi connectivity index (χ3n) is 0. The zero-order chi connectivity index (χ0) is 10.7. The van der Waals surface area contributed by atoms with E-state index in [1.807, 2.05) is 0 Å². The van der Waals surface area contributed by atoms with Crippen molar-refractivity contribution in [2.45, 2.75) is 20.8 Å². The van der Waals surface area contributed by atoms with E-state index < -0.39 is 17.9 Å². The fourth-order valence-electron chi connectivity index (χ4n) is 0. The number of carboxylic acid groups (broad SMARTS) is 3. The third kappa shape index (κ3) is 1140. The molecular weight excluding hydrogens is 255 g/mol. The second-order valence-electron chi connectivity index (χ2n) is 1.47. The van der Waals surface area contributed by atoms with Gasteiger partial charge in [-0.25, -0.2) is 0 Å². The van der Waals surface area contributed by atoms with Crippen molar-refractivity contribution in [3.8, 4) is 0 Å². The first-order valence-electron chi connectivity index (χ1n) is 2.72. The monoisotopic (exact) mass is 268 g/mol. The van der Waals surface area contributed by atoms with Gasteiger partial charge in [0.15, 0.2) is 0 Å². The molecule has 0 atom stereocenters. The molecule has 0 saturated heterocycles. The van der Waals surface area contributed by atoms with Gasteiger partial charge in [0.2, 0.25) is 0 Å². The Bertz CT molecular complexity index is 117. The Morgan fingerprint density at radius 2 is 0.667 bits per heavy atom. The van der Waals surface area contributed by atoms with Crippen LogP contribution in [0.1, 0.15) is 20.8 Å². The fourth-order valence-corrected chi connectivity index (χ4v) is 0. The molecule has 15 heavy (non-hydrogen) atoms. The number of aliphatic carboxylic acids is 3. The topological polar surface area (TPSA) is 183 Å². The van der Waals surface area contributed by atoms with Gasteiger partial charge < -0.3 is 40.7 Å². The third-order valence-corrected chi connectivity index (χ3v) is 0. The maximum atomic E-state index is 8.89. The Morgan fingerprint density at radius 3 is 0.667 bits per heavy atom. The van der Waals surface area contributed by atoms with Crippen LogP contribution in [-0.4, -0.2) is 28.9 Å². The van der Waals surface area contributed by atoms with Crippen molar-refractivity contribution in [3.63, 3.8) is 0 Å². The van der Waals surface area contributed by atoms with Crippen LogP contribution in [0.4, 0.5) is 0 Å². The smallest absolute Gasteiger partial charge is 0.550 e. The van der Waals surface area contributed by atoms with Gasteiger partial charge in [0.25, 0.3) is 0 Å². The van der Waals surface area contributed by atoms with E-state index in [-0.39, 0.29) is 28.0 Å². The van der Waals surface area contributed by atoms with E-state index in [4.69, 9.17) is 29.7 Å². The summed E-state index contributed by atoms with van der Waals surface area (Å²) >= 11 is 0. The molecule has 4 N–H and O–H groups in total. The van der Waals surface area contributed by atoms with E-state index >= 15 is 0 Å². The van der Waals surface area contributed by atoms with E-state index in [9.17, 15) is 0 Å². The van der Waals surface area contributed by atoms with Crippen molar-refractivity contribution in [3.05, 3.63) is 0 Å². The van der Waals surface area contributed by atoms with Gasteiger partial charge in [-0.2, -0.15) is 0 Å². The van der Waals surface area contributed by atoms with Crippen LogP contribution in [0.2, 0.25) is 0 Å². The number of carbonyl (C=O) groups is 3. The molecule has 0 aromatic rings. The van der Waals surface area contributed by atoms with E-state index in [1.54, 1.807) is 0 Å². The quantitative estimate of drug-likeness (QED) is 0.394. The number of carbonyl (C=O) groups excluding carboxylic acids is 3. The van der Waals surface area contributed by atoms with Crippen LogP contribution >= 0.6 is 0 Å². The number of carboxylic acids is 3. The molecule has 92 valence electrons. The zero-order valence-corrected chi connectivity index (χ0v) is 9.51. The molecule has 0 saturated carbocycles. The van der Waals surface area contributed by atoms with Crippen molar-refractivity contribution in [2.75, 3.05) is 0 Å². The van der Waals surface area contributed by atoms with Gasteiger partial charge in [0.05, 0.1) is 0 Å². The molecule has 8 nitrogen and oxygen atoms in total. The maximum absolute atomic E-state index is 8.89. The predicted octanol–water partition coefficient (Wildman–Crippen LogP) is -5.38. The molecule has 0 aliphatic rings. The van der Waals surface area contributed by atoms with Crippen LogP contribution in [0.15, 0.2) is 0 Å². The Labute approximate surface area is 97.0 Å². The van der Waals surface area contributed by atoms with Crippen molar-refractivity contribution in [1.82, 2.24) is 0 Å².